The molecule has 0 atom stereocenters. The van der Waals surface area contributed by atoms with Crippen LogP contribution in [0.4, 0.5) is 5.69 Å². The standard InChI is InChI=1S/C7H8BrNOS/c1-11-6-3-4(8)2-5(10)7(6)9/h2-3,10H,9H2,1H3. The summed E-state index contributed by atoms with van der Waals surface area (Å²) in [5.74, 6) is 0.128. The van der Waals surface area contributed by atoms with Gasteiger partial charge in [0.2, 0.25) is 0 Å². The highest BCUT2D eigenvalue weighted by Gasteiger charge is 2.03. The third-order valence-electron chi connectivity index (χ3n) is 1.30. The van der Waals surface area contributed by atoms with E-state index in [0.717, 1.165) is 9.37 Å². The van der Waals surface area contributed by atoms with Gasteiger partial charge < -0.3 is 10.8 Å². The van der Waals surface area contributed by atoms with Gasteiger partial charge in [-0.2, -0.15) is 0 Å². The summed E-state index contributed by atoms with van der Waals surface area (Å²) in [7, 11) is 0. The Morgan fingerprint density at radius 2 is 2.18 bits per heavy atom. The lowest BCUT2D eigenvalue weighted by molar-refractivity contribution is 0.476. The molecule has 0 fully saturated rings. The average molecular weight is 234 g/mol. The largest absolute Gasteiger partial charge is 0.506 e. The Morgan fingerprint density at radius 1 is 1.55 bits per heavy atom. The molecule has 0 aliphatic rings. The van der Waals surface area contributed by atoms with E-state index in [1.54, 1.807) is 6.07 Å². The van der Waals surface area contributed by atoms with Gasteiger partial charge in [0.25, 0.3) is 0 Å². The lowest BCUT2D eigenvalue weighted by atomic mass is 10.3. The van der Waals surface area contributed by atoms with Crippen LogP contribution in [0.1, 0.15) is 0 Å². The zero-order valence-corrected chi connectivity index (χ0v) is 8.37. The van der Waals surface area contributed by atoms with Crippen LogP contribution in [-0.2, 0) is 0 Å². The van der Waals surface area contributed by atoms with Gasteiger partial charge in [0.1, 0.15) is 5.75 Å². The lowest BCUT2D eigenvalue weighted by Crippen LogP contribution is -1.88. The number of hydrogen-bond donors (Lipinski definition) is 2. The molecule has 4 heteroatoms. The molecule has 2 nitrogen and oxygen atoms in total. The molecule has 0 saturated carbocycles. The number of phenolic OH excluding ortho intramolecular Hbond substituents is 1. The first-order chi connectivity index (χ1) is 5.15. The van der Waals surface area contributed by atoms with E-state index in [1.165, 1.54) is 11.8 Å². The van der Waals surface area contributed by atoms with E-state index in [4.69, 9.17) is 5.73 Å². The van der Waals surface area contributed by atoms with Gasteiger partial charge in [0.15, 0.2) is 0 Å². The number of hydrogen-bond acceptors (Lipinski definition) is 3. The molecule has 0 saturated heterocycles. The van der Waals surface area contributed by atoms with Gasteiger partial charge in [-0.05, 0) is 18.4 Å². The van der Waals surface area contributed by atoms with E-state index in [1.807, 2.05) is 12.3 Å². The van der Waals surface area contributed by atoms with Crippen LogP contribution in [0.25, 0.3) is 0 Å². The summed E-state index contributed by atoms with van der Waals surface area (Å²) in [5.41, 5.74) is 6.02. The van der Waals surface area contributed by atoms with E-state index in [2.05, 4.69) is 15.9 Å². The van der Waals surface area contributed by atoms with Gasteiger partial charge in [0.05, 0.1) is 5.69 Å². The number of anilines is 1. The number of phenols is 1. The first kappa shape index (κ1) is 8.74. The van der Waals surface area contributed by atoms with Gasteiger partial charge in [-0.1, -0.05) is 15.9 Å². The maximum atomic E-state index is 9.24. The third-order valence-corrected chi connectivity index (χ3v) is 2.54. The summed E-state index contributed by atoms with van der Waals surface area (Å²) in [6, 6.07) is 3.45. The van der Waals surface area contributed by atoms with Gasteiger partial charge >= 0.3 is 0 Å². The Kier molecular flexibility index (Phi) is 2.67. The van der Waals surface area contributed by atoms with Crippen LogP contribution < -0.4 is 5.73 Å². The van der Waals surface area contributed by atoms with Crippen molar-refractivity contribution in [3.05, 3.63) is 16.6 Å². The number of nitrogen functional groups attached to an aromatic ring is 1. The van der Waals surface area contributed by atoms with Crippen LogP contribution in [0.2, 0.25) is 0 Å². The summed E-state index contributed by atoms with van der Waals surface area (Å²) in [6.45, 7) is 0. The highest BCUT2D eigenvalue weighted by Crippen LogP contribution is 2.33. The average Bonchev–Trinajstić information content (AvgIpc) is 1.96. The Balaban J connectivity index is 3.24. The van der Waals surface area contributed by atoms with Crippen molar-refractivity contribution in [1.82, 2.24) is 0 Å². The van der Waals surface area contributed by atoms with Crippen LogP contribution in [0.3, 0.4) is 0 Å². The predicted octanol–water partition coefficient (Wildman–Crippen LogP) is 2.46. The number of nitrogens with two attached hydrogens (primary N) is 1. The number of aromatic hydroxyl groups is 1. The fourth-order valence-electron chi connectivity index (χ4n) is 0.748. The highest BCUT2D eigenvalue weighted by molar-refractivity contribution is 9.10. The first-order valence-electron chi connectivity index (χ1n) is 2.97. The van der Waals surface area contributed by atoms with Crippen molar-refractivity contribution >= 4 is 33.4 Å². The molecule has 1 rings (SSSR count). The van der Waals surface area contributed by atoms with Crippen LogP contribution in [0, 0.1) is 0 Å². The van der Waals surface area contributed by atoms with E-state index in [-0.39, 0.29) is 5.75 Å². The molecule has 1 aromatic carbocycles. The van der Waals surface area contributed by atoms with Crippen molar-refractivity contribution in [2.75, 3.05) is 12.0 Å². The van der Waals surface area contributed by atoms with Crippen LogP contribution in [0.5, 0.6) is 5.75 Å². The van der Waals surface area contributed by atoms with Crippen molar-refractivity contribution in [2.45, 2.75) is 4.90 Å². The predicted molar refractivity (Wildman–Crippen MR) is 52.0 cm³/mol. The van der Waals surface area contributed by atoms with E-state index in [9.17, 15) is 5.11 Å². The first-order valence-corrected chi connectivity index (χ1v) is 4.99. The Hall–Kier alpha value is -0.350. The Morgan fingerprint density at radius 3 is 2.73 bits per heavy atom. The molecular weight excluding hydrogens is 226 g/mol. The van der Waals surface area contributed by atoms with E-state index < -0.39 is 0 Å². The molecular formula is C7H8BrNOS. The molecule has 0 heterocycles. The van der Waals surface area contributed by atoms with Crippen LogP contribution in [-0.4, -0.2) is 11.4 Å². The van der Waals surface area contributed by atoms with Gasteiger partial charge in [-0.15, -0.1) is 11.8 Å². The molecule has 0 unspecified atom stereocenters. The summed E-state index contributed by atoms with van der Waals surface area (Å²) in [5, 5.41) is 9.24. The molecule has 0 radical (unpaired) electrons. The zero-order valence-electron chi connectivity index (χ0n) is 5.97. The normalized spacial score (nSPS) is 10.0. The van der Waals surface area contributed by atoms with Crippen molar-refractivity contribution in [1.29, 1.82) is 0 Å². The number of rotatable bonds is 1. The Labute approximate surface area is 77.9 Å². The number of halogens is 1. The third kappa shape index (κ3) is 1.81. The minimum absolute atomic E-state index is 0.128. The van der Waals surface area contributed by atoms with Gasteiger partial charge in [-0.3, -0.25) is 0 Å². The summed E-state index contributed by atoms with van der Waals surface area (Å²) in [4.78, 5) is 0.886. The maximum Gasteiger partial charge on any atom is 0.140 e. The SMILES string of the molecule is CSc1cc(Br)cc(O)c1N. The minimum atomic E-state index is 0.128. The fourth-order valence-corrected chi connectivity index (χ4v) is 1.91. The summed E-state index contributed by atoms with van der Waals surface area (Å²) >= 11 is 4.77. The van der Waals surface area contributed by atoms with Crippen molar-refractivity contribution < 1.29 is 5.11 Å². The molecule has 0 aliphatic heterocycles. The summed E-state index contributed by atoms with van der Waals surface area (Å²) in [6.07, 6.45) is 1.91. The monoisotopic (exact) mass is 233 g/mol. The minimum Gasteiger partial charge on any atom is -0.506 e. The molecule has 0 aromatic heterocycles. The molecule has 0 aliphatic carbocycles. The second-order valence-corrected chi connectivity index (χ2v) is 3.80. The van der Waals surface area contributed by atoms with E-state index >= 15 is 0 Å². The molecule has 1 aromatic rings. The van der Waals surface area contributed by atoms with Gasteiger partial charge in [-0.25, -0.2) is 0 Å². The second kappa shape index (κ2) is 3.36. The molecule has 0 bridgehead atoms. The molecule has 60 valence electrons. The fraction of sp³-hybridized carbons (Fsp3) is 0.143. The summed E-state index contributed by atoms with van der Waals surface area (Å²) < 4.78 is 0.841. The van der Waals surface area contributed by atoms with Crippen LogP contribution in [0.15, 0.2) is 21.5 Å². The number of benzene rings is 1. The van der Waals surface area contributed by atoms with Crippen molar-refractivity contribution in [2.24, 2.45) is 0 Å². The number of thioether (sulfide) groups is 1. The quantitative estimate of drug-likeness (QED) is 0.445. The molecule has 3 N–H and O–H groups in total. The Bertz CT molecular complexity index is 277. The second-order valence-electron chi connectivity index (χ2n) is 2.04. The highest BCUT2D eigenvalue weighted by atomic mass is 79.9. The molecule has 11 heavy (non-hydrogen) atoms. The van der Waals surface area contributed by atoms with Crippen molar-refractivity contribution in [3.63, 3.8) is 0 Å². The van der Waals surface area contributed by atoms with Gasteiger partial charge in [0, 0.05) is 9.37 Å². The van der Waals surface area contributed by atoms with E-state index in [0.29, 0.717) is 5.69 Å². The zero-order chi connectivity index (χ0) is 8.43. The maximum absolute atomic E-state index is 9.24. The van der Waals surface area contributed by atoms with Crippen LogP contribution >= 0.6 is 27.7 Å². The molecule has 0 amide bonds. The molecule has 0 spiro atoms. The smallest absolute Gasteiger partial charge is 0.140 e. The van der Waals surface area contributed by atoms with Crippen molar-refractivity contribution in [3.8, 4) is 5.75 Å². The topological polar surface area (TPSA) is 46.2 Å². The lowest BCUT2D eigenvalue weighted by Gasteiger charge is -2.04.